The van der Waals surface area contributed by atoms with E-state index >= 15 is 0 Å². The van der Waals surface area contributed by atoms with E-state index in [0.29, 0.717) is 18.9 Å². The number of nitrogens with one attached hydrogen (secondary N) is 1. The highest BCUT2D eigenvalue weighted by Gasteiger charge is 2.05. The number of hydrogen-bond donors (Lipinski definition) is 2. The van der Waals surface area contributed by atoms with Gasteiger partial charge in [0.1, 0.15) is 23.9 Å². The summed E-state index contributed by atoms with van der Waals surface area (Å²) in [6, 6.07) is 23.0. The lowest BCUT2D eigenvalue weighted by molar-refractivity contribution is 0.303. The molecule has 0 spiro atoms. The van der Waals surface area contributed by atoms with Gasteiger partial charge in [-0.05, 0) is 42.0 Å². The maximum Gasteiger partial charge on any atom is 0.124 e. The second-order valence-electron chi connectivity index (χ2n) is 5.65. The number of anilines is 1. The number of hydrogen-bond acceptors (Lipinski definition) is 4. The van der Waals surface area contributed by atoms with Crippen LogP contribution in [0.2, 0.25) is 0 Å². The highest BCUT2D eigenvalue weighted by atomic mass is 16.5. The molecule has 0 atom stereocenters. The quantitative estimate of drug-likeness (QED) is 0.663. The normalized spacial score (nSPS) is 10.3. The minimum Gasteiger partial charge on any atom is -0.507 e. The van der Waals surface area contributed by atoms with E-state index in [1.807, 2.05) is 66.7 Å². The highest BCUT2D eigenvalue weighted by molar-refractivity contribution is 5.46. The topological polar surface area (TPSA) is 50.7 Å². The zero-order valence-corrected chi connectivity index (χ0v) is 14.1. The van der Waals surface area contributed by atoms with Crippen LogP contribution in [0.4, 0.5) is 5.69 Å². The van der Waals surface area contributed by atoms with E-state index in [0.717, 1.165) is 22.6 Å². The molecule has 0 saturated carbocycles. The first-order valence-electron chi connectivity index (χ1n) is 8.11. The molecule has 0 aliphatic heterocycles. The molecule has 0 unspecified atom stereocenters. The fourth-order valence-electron chi connectivity index (χ4n) is 2.47. The average Bonchev–Trinajstić information content (AvgIpc) is 2.66. The lowest BCUT2D eigenvalue weighted by atomic mass is 10.2. The molecule has 25 heavy (non-hydrogen) atoms. The van der Waals surface area contributed by atoms with Gasteiger partial charge in [0.2, 0.25) is 0 Å². The minimum atomic E-state index is 0.214. The molecule has 0 aromatic heterocycles. The Morgan fingerprint density at radius 2 is 1.72 bits per heavy atom. The summed E-state index contributed by atoms with van der Waals surface area (Å²) in [4.78, 5) is 0. The van der Waals surface area contributed by atoms with Crippen LogP contribution < -0.4 is 14.8 Å². The standard InChI is InChI=1S/C21H21NO3/c1-24-19-9-5-6-16(12-19)15-25-20-11-10-17(21(23)13-20)14-22-18-7-3-2-4-8-18/h2-13,22-23H,14-15H2,1H3. The number of benzene rings is 3. The molecule has 2 N–H and O–H groups in total. The van der Waals surface area contributed by atoms with Gasteiger partial charge in [-0.2, -0.15) is 0 Å². The van der Waals surface area contributed by atoms with Crippen LogP contribution in [0, 0.1) is 0 Å². The first-order valence-corrected chi connectivity index (χ1v) is 8.11. The number of ether oxygens (including phenoxy) is 2. The first-order chi connectivity index (χ1) is 12.2. The van der Waals surface area contributed by atoms with Gasteiger partial charge in [-0.3, -0.25) is 0 Å². The summed E-state index contributed by atoms with van der Waals surface area (Å²) in [5.41, 5.74) is 2.84. The molecule has 0 aliphatic rings. The molecule has 0 bridgehead atoms. The van der Waals surface area contributed by atoms with Crippen molar-refractivity contribution in [3.05, 3.63) is 83.9 Å². The molecule has 0 fully saturated rings. The maximum absolute atomic E-state index is 10.2. The summed E-state index contributed by atoms with van der Waals surface area (Å²) >= 11 is 0. The molecular formula is C21H21NO3. The summed E-state index contributed by atoms with van der Waals surface area (Å²) in [6.07, 6.45) is 0. The molecule has 0 radical (unpaired) electrons. The molecule has 0 saturated heterocycles. The number of rotatable bonds is 7. The molecule has 0 amide bonds. The van der Waals surface area contributed by atoms with Crippen molar-refractivity contribution in [2.45, 2.75) is 13.2 Å². The Morgan fingerprint density at radius 3 is 2.48 bits per heavy atom. The Balaban J connectivity index is 1.59. The number of phenolic OH excluding ortho intramolecular Hbond substituents is 1. The summed E-state index contributed by atoms with van der Waals surface area (Å²) in [5, 5.41) is 13.5. The van der Waals surface area contributed by atoms with Crippen LogP contribution in [0.15, 0.2) is 72.8 Å². The van der Waals surface area contributed by atoms with E-state index in [2.05, 4.69) is 5.32 Å². The summed E-state index contributed by atoms with van der Waals surface area (Å²) in [6.45, 7) is 0.963. The third-order valence-corrected chi connectivity index (χ3v) is 3.85. The minimum absolute atomic E-state index is 0.214. The Labute approximate surface area is 147 Å². The monoisotopic (exact) mass is 335 g/mol. The lowest BCUT2D eigenvalue weighted by Crippen LogP contribution is -2.00. The van der Waals surface area contributed by atoms with E-state index in [9.17, 15) is 5.11 Å². The van der Waals surface area contributed by atoms with Gasteiger partial charge in [-0.15, -0.1) is 0 Å². The Hall–Kier alpha value is -3.14. The zero-order valence-electron chi connectivity index (χ0n) is 14.1. The number of aromatic hydroxyl groups is 1. The van der Waals surface area contributed by atoms with Crippen molar-refractivity contribution >= 4 is 5.69 Å². The predicted octanol–water partition coefficient (Wildman–Crippen LogP) is 4.59. The van der Waals surface area contributed by atoms with E-state index in [-0.39, 0.29) is 5.75 Å². The molecule has 4 heteroatoms. The molecule has 4 nitrogen and oxygen atoms in total. The van der Waals surface area contributed by atoms with Gasteiger partial charge in [-0.1, -0.05) is 30.3 Å². The van der Waals surface area contributed by atoms with Crippen molar-refractivity contribution in [3.8, 4) is 17.2 Å². The van der Waals surface area contributed by atoms with Crippen molar-refractivity contribution in [1.82, 2.24) is 0 Å². The SMILES string of the molecule is COc1cccc(COc2ccc(CNc3ccccc3)c(O)c2)c1. The molecule has 0 aliphatic carbocycles. The van der Waals surface area contributed by atoms with Crippen LogP contribution in [0.5, 0.6) is 17.2 Å². The van der Waals surface area contributed by atoms with Gasteiger partial charge in [0, 0.05) is 23.9 Å². The van der Waals surface area contributed by atoms with E-state index in [1.165, 1.54) is 0 Å². The van der Waals surface area contributed by atoms with E-state index in [1.54, 1.807) is 13.2 Å². The summed E-state index contributed by atoms with van der Waals surface area (Å²) in [7, 11) is 1.64. The van der Waals surface area contributed by atoms with Gasteiger partial charge in [0.25, 0.3) is 0 Å². The lowest BCUT2D eigenvalue weighted by Gasteiger charge is -2.11. The molecule has 3 aromatic carbocycles. The third kappa shape index (κ3) is 4.67. The number of methoxy groups -OCH3 is 1. The maximum atomic E-state index is 10.2. The van der Waals surface area contributed by atoms with Crippen LogP contribution in [0.1, 0.15) is 11.1 Å². The molecule has 128 valence electrons. The van der Waals surface area contributed by atoms with Gasteiger partial charge in [0.05, 0.1) is 7.11 Å². The van der Waals surface area contributed by atoms with Crippen LogP contribution >= 0.6 is 0 Å². The number of para-hydroxylation sites is 1. The highest BCUT2D eigenvalue weighted by Crippen LogP contribution is 2.25. The average molecular weight is 335 g/mol. The van der Waals surface area contributed by atoms with Gasteiger partial charge in [0.15, 0.2) is 0 Å². The van der Waals surface area contributed by atoms with Crippen molar-refractivity contribution in [2.24, 2.45) is 0 Å². The second-order valence-corrected chi connectivity index (χ2v) is 5.65. The fourth-order valence-corrected chi connectivity index (χ4v) is 2.47. The van der Waals surface area contributed by atoms with Gasteiger partial charge < -0.3 is 19.9 Å². The zero-order chi connectivity index (χ0) is 17.5. The molecular weight excluding hydrogens is 314 g/mol. The Kier molecular flexibility index (Phi) is 5.42. The predicted molar refractivity (Wildman–Crippen MR) is 99.2 cm³/mol. The van der Waals surface area contributed by atoms with Crippen molar-refractivity contribution in [1.29, 1.82) is 0 Å². The van der Waals surface area contributed by atoms with E-state index in [4.69, 9.17) is 9.47 Å². The van der Waals surface area contributed by atoms with Crippen molar-refractivity contribution in [2.75, 3.05) is 12.4 Å². The van der Waals surface area contributed by atoms with Crippen molar-refractivity contribution < 1.29 is 14.6 Å². The van der Waals surface area contributed by atoms with E-state index < -0.39 is 0 Å². The Morgan fingerprint density at radius 1 is 0.880 bits per heavy atom. The molecule has 3 rings (SSSR count). The van der Waals surface area contributed by atoms with Crippen LogP contribution in [0.3, 0.4) is 0 Å². The van der Waals surface area contributed by atoms with Crippen molar-refractivity contribution in [3.63, 3.8) is 0 Å². The smallest absolute Gasteiger partial charge is 0.124 e. The fraction of sp³-hybridized carbons (Fsp3) is 0.143. The summed E-state index contributed by atoms with van der Waals surface area (Å²) < 4.78 is 11.0. The first kappa shape index (κ1) is 16.7. The summed E-state index contributed by atoms with van der Waals surface area (Å²) in [5.74, 6) is 1.64. The van der Waals surface area contributed by atoms with Gasteiger partial charge >= 0.3 is 0 Å². The third-order valence-electron chi connectivity index (χ3n) is 3.85. The van der Waals surface area contributed by atoms with Crippen LogP contribution in [-0.4, -0.2) is 12.2 Å². The largest absolute Gasteiger partial charge is 0.507 e. The number of phenols is 1. The van der Waals surface area contributed by atoms with Gasteiger partial charge in [-0.25, -0.2) is 0 Å². The second kappa shape index (κ2) is 8.11. The van der Waals surface area contributed by atoms with Crippen LogP contribution in [0.25, 0.3) is 0 Å². The molecule has 0 heterocycles. The Bertz CT molecular complexity index is 818. The van der Waals surface area contributed by atoms with Crippen LogP contribution in [-0.2, 0) is 13.2 Å². The molecule has 3 aromatic rings.